The van der Waals surface area contributed by atoms with Gasteiger partial charge in [-0.15, -0.1) is 0 Å². The van der Waals surface area contributed by atoms with Gasteiger partial charge in [0.05, 0.1) is 5.69 Å². The molecule has 0 heterocycles. The second kappa shape index (κ2) is 4.26. The van der Waals surface area contributed by atoms with Crippen molar-refractivity contribution in [2.45, 2.75) is 0 Å². The van der Waals surface area contributed by atoms with E-state index in [4.69, 9.17) is 5.73 Å². The van der Waals surface area contributed by atoms with Crippen LogP contribution in [-0.4, -0.2) is 5.33 Å². The topological polar surface area (TPSA) is 26.0 Å². The lowest BCUT2D eigenvalue weighted by Crippen LogP contribution is -1.89. The Morgan fingerprint density at radius 2 is 2.25 bits per heavy atom. The van der Waals surface area contributed by atoms with E-state index in [2.05, 4.69) is 15.9 Å². The van der Waals surface area contributed by atoms with E-state index >= 15 is 0 Å². The predicted molar refractivity (Wildman–Crippen MR) is 53.6 cm³/mol. The Kier molecular flexibility index (Phi) is 3.29. The Morgan fingerprint density at radius 3 is 2.83 bits per heavy atom. The number of hydrogen-bond acceptors (Lipinski definition) is 1. The highest BCUT2D eigenvalue weighted by molar-refractivity contribution is 9.09. The van der Waals surface area contributed by atoms with Gasteiger partial charge in [-0.1, -0.05) is 34.1 Å². The molecule has 0 bridgehead atoms. The molecule has 0 saturated heterocycles. The lowest BCUT2D eigenvalue weighted by Gasteiger charge is -1.97. The van der Waals surface area contributed by atoms with E-state index in [0.29, 0.717) is 0 Å². The second-order valence-corrected chi connectivity index (χ2v) is 2.99. The summed E-state index contributed by atoms with van der Waals surface area (Å²) >= 11 is 3.25. The van der Waals surface area contributed by atoms with Gasteiger partial charge in [0.2, 0.25) is 0 Å². The number of alkyl halides is 1. The highest BCUT2D eigenvalue weighted by Gasteiger charge is 1.95. The number of anilines is 1. The second-order valence-electron chi connectivity index (χ2n) is 2.34. The average Bonchev–Trinajstić information content (AvgIpc) is 2.07. The van der Waals surface area contributed by atoms with Crippen molar-refractivity contribution in [3.8, 4) is 0 Å². The van der Waals surface area contributed by atoms with Gasteiger partial charge in [0.25, 0.3) is 0 Å². The molecule has 0 aromatic heterocycles. The lowest BCUT2D eigenvalue weighted by molar-refractivity contribution is 0.632. The average molecular weight is 230 g/mol. The normalized spacial score (nSPS) is 10.8. The third kappa shape index (κ3) is 2.34. The molecule has 0 aliphatic heterocycles. The van der Waals surface area contributed by atoms with Gasteiger partial charge in [0, 0.05) is 5.33 Å². The van der Waals surface area contributed by atoms with Crippen molar-refractivity contribution in [1.82, 2.24) is 0 Å². The molecule has 0 fully saturated rings. The largest absolute Gasteiger partial charge is 0.396 e. The molecule has 0 saturated carbocycles. The van der Waals surface area contributed by atoms with Crippen molar-refractivity contribution >= 4 is 27.7 Å². The van der Waals surface area contributed by atoms with E-state index in [-0.39, 0.29) is 11.5 Å². The minimum atomic E-state index is -0.369. The van der Waals surface area contributed by atoms with E-state index in [1.807, 2.05) is 12.2 Å². The number of rotatable bonds is 2. The van der Waals surface area contributed by atoms with Crippen LogP contribution in [0.5, 0.6) is 0 Å². The fourth-order valence-corrected chi connectivity index (χ4v) is 1.03. The van der Waals surface area contributed by atoms with Crippen LogP contribution in [0.4, 0.5) is 10.1 Å². The van der Waals surface area contributed by atoms with Gasteiger partial charge in [-0.25, -0.2) is 4.39 Å². The molecule has 1 nitrogen and oxygen atoms in total. The molecule has 1 aromatic rings. The van der Waals surface area contributed by atoms with Crippen LogP contribution < -0.4 is 5.73 Å². The molecule has 0 atom stereocenters. The molecule has 1 aromatic carbocycles. The summed E-state index contributed by atoms with van der Waals surface area (Å²) in [6.45, 7) is 0. The summed E-state index contributed by atoms with van der Waals surface area (Å²) < 4.78 is 12.7. The van der Waals surface area contributed by atoms with Crippen molar-refractivity contribution in [1.29, 1.82) is 0 Å². The SMILES string of the molecule is Nc1cc(C=CCBr)ccc1F. The molecule has 0 radical (unpaired) electrons. The Labute approximate surface area is 79.2 Å². The van der Waals surface area contributed by atoms with Crippen LogP contribution in [0.15, 0.2) is 24.3 Å². The molecule has 2 N–H and O–H groups in total. The zero-order valence-corrected chi connectivity index (χ0v) is 8.01. The summed E-state index contributed by atoms with van der Waals surface area (Å²) in [5.41, 5.74) is 6.47. The van der Waals surface area contributed by atoms with Crippen molar-refractivity contribution in [2.75, 3.05) is 11.1 Å². The highest BCUT2D eigenvalue weighted by atomic mass is 79.9. The van der Waals surface area contributed by atoms with Crippen LogP contribution in [0.3, 0.4) is 0 Å². The monoisotopic (exact) mass is 229 g/mol. The van der Waals surface area contributed by atoms with Crippen molar-refractivity contribution < 1.29 is 4.39 Å². The third-order valence-electron chi connectivity index (χ3n) is 1.42. The standard InChI is InChI=1S/C9H9BrFN/c10-5-1-2-7-3-4-8(11)9(12)6-7/h1-4,6H,5,12H2. The molecule has 64 valence electrons. The summed E-state index contributed by atoms with van der Waals surface area (Å²) in [6.07, 6.45) is 3.80. The molecular formula is C9H9BrFN. The highest BCUT2D eigenvalue weighted by Crippen LogP contribution is 2.13. The van der Waals surface area contributed by atoms with Crippen LogP contribution in [0.25, 0.3) is 6.08 Å². The van der Waals surface area contributed by atoms with Crippen molar-refractivity contribution in [2.24, 2.45) is 0 Å². The van der Waals surface area contributed by atoms with Gasteiger partial charge >= 0.3 is 0 Å². The first-order valence-electron chi connectivity index (χ1n) is 3.51. The summed E-state index contributed by atoms with van der Waals surface area (Å²) in [6, 6.07) is 4.66. The molecule has 0 spiro atoms. The molecule has 1 rings (SSSR count). The number of benzene rings is 1. The van der Waals surface area contributed by atoms with E-state index in [1.54, 1.807) is 12.1 Å². The summed E-state index contributed by atoms with van der Waals surface area (Å²) in [5.74, 6) is -0.369. The van der Waals surface area contributed by atoms with Crippen LogP contribution in [-0.2, 0) is 0 Å². The van der Waals surface area contributed by atoms with Crippen LogP contribution in [0, 0.1) is 5.82 Å². The van der Waals surface area contributed by atoms with Gasteiger partial charge < -0.3 is 5.73 Å². The van der Waals surface area contributed by atoms with E-state index in [1.165, 1.54) is 6.07 Å². The van der Waals surface area contributed by atoms with Gasteiger partial charge in [0.1, 0.15) is 5.82 Å². The van der Waals surface area contributed by atoms with Crippen LogP contribution in [0.2, 0.25) is 0 Å². The first kappa shape index (κ1) is 9.26. The van der Waals surface area contributed by atoms with E-state index < -0.39 is 0 Å². The Bertz CT molecular complexity index is 297. The number of nitrogens with two attached hydrogens (primary N) is 1. The Morgan fingerprint density at radius 1 is 1.50 bits per heavy atom. The molecular weight excluding hydrogens is 221 g/mol. The molecule has 0 aliphatic rings. The Hall–Kier alpha value is -0.830. The smallest absolute Gasteiger partial charge is 0.146 e. The maximum absolute atomic E-state index is 12.7. The lowest BCUT2D eigenvalue weighted by atomic mass is 10.2. The molecule has 3 heteroatoms. The maximum atomic E-state index is 12.7. The van der Waals surface area contributed by atoms with Gasteiger partial charge in [0.15, 0.2) is 0 Å². The molecule has 0 unspecified atom stereocenters. The maximum Gasteiger partial charge on any atom is 0.146 e. The van der Waals surface area contributed by atoms with Gasteiger partial charge in [-0.05, 0) is 17.7 Å². The number of hydrogen-bond donors (Lipinski definition) is 1. The third-order valence-corrected chi connectivity index (χ3v) is 1.79. The fraction of sp³-hybridized carbons (Fsp3) is 0.111. The van der Waals surface area contributed by atoms with Crippen molar-refractivity contribution in [3.63, 3.8) is 0 Å². The van der Waals surface area contributed by atoms with Gasteiger partial charge in [-0.3, -0.25) is 0 Å². The summed E-state index contributed by atoms with van der Waals surface area (Å²) in [5, 5.41) is 0.782. The number of allylic oxidation sites excluding steroid dienone is 1. The Balaban J connectivity index is 2.89. The summed E-state index contributed by atoms with van der Waals surface area (Å²) in [4.78, 5) is 0. The minimum Gasteiger partial charge on any atom is -0.396 e. The minimum absolute atomic E-state index is 0.187. The zero-order chi connectivity index (χ0) is 8.97. The fourth-order valence-electron chi connectivity index (χ4n) is 0.847. The molecule has 0 aliphatic carbocycles. The van der Waals surface area contributed by atoms with Crippen LogP contribution in [0.1, 0.15) is 5.56 Å². The van der Waals surface area contributed by atoms with E-state index in [9.17, 15) is 4.39 Å². The quantitative estimate of drug-likeness (QED) is 0.613. The first-order valence-corrected chi connectivity index (χ1v) is 4.63. The first-order chi connectivity index (χ1) is 5.74. The number of nitrogen functional groups attached to an aromatic ring is 1. The van der Waals surface area contributed by atoms with E-state index in [0.717, 1.165) is 10.9 Å². The zero-order valence-electron chi connectivity index (χ0n) is 6.43. The molecule has 0 amide bonds. The van der Waals surface area contributed by atoms with Gasteiger partial charge in [-0.2, -0.15) is 0 Å². The van der Waals surface area contributed by atoms with Crippen LogP contribution >= 0.6 is 15.9 Å². The predicted octanol–water partition coefficient (Wildman–Crippen LogP) is 2.82. The van der Waals surface area contributed by atoms with Crippen molar-refractivity contribution in [3.05, 3.63) is 35.7 Å². The number of halogens is 2. The summed E-state index contributed by atoms with van der Waals surface area (Å²) in [7, 11) is 0. The molecule has 12 heavy (non-hydrogen) atoms.